The van der Waals surface area contributed by atoms with E-state index in [0.717, 1.165) is 29.2 Å². The maximum atomic E-state index is 12.3. The van der Waals surface area contributed by atoms with Crippen molar-refractivity contribution in [1.82, 2.24) is 15.2 Å². The molecule has 0 aliphatic carbocycles. The molecule has 2 aromatic carbocycles. The minimum Gasteiger partial charge on any atom is -0.497 e. The fourth-order valence-corrected chi connectivity index (χ4v) is 3.17. The lowest BCUT2D eigenvalue weighted by Crippen LogP contribution is -2.31. The van der Waals surface area contributed by atoms with Crippen LogP contribution in [0.5, 0.6) is 17.2 Å². The average Bonchev–Trinajstić information content (AvgIpc) is 2.88. The molecule has 0 bridgehead atoms. The average molecular weight is 510 g/mol. The third kappa shape index (κ3) is 9.69. The number of aromatic nitrogens is 1. The summed E-state index contributed by atoms with van der Waals surface area (Å²) in [5.41, 5.74) is 8.55. The highest BCUT2D eigenvalue weighted by Gasteiger charge is 2.10. The Morgan fingerprint density at radius 3 is 2.51 bits per heavy atom. The molecule has 37 heavy (non-hydrogen) atoms. The molecule has 0 spiro atoms. The number of nitrogen functional groups attached to an aromatic ring is 1. The van der Waals surface area contributed by atoms with Crippen LogP contribution in [0.3, 0.4) is 0 Å². The van der Waals surface area contributed by atoms with Crippen molar-refractivity contribution in [2.75, 3.05) is 52.5 Å². The lowest BCUT2D eigenvalue weighted by molar-refractivity contribution is -0.105. The first kappa shape index (κ1) is 28.9. The summed E-state index contributed by atoms with van der Waals surface area (Å²) >= 11 is 0. The van der Waals surface area contributed by atoms with Crippen molar-refractivity contribution in [1.29, 1.82) is 0 Å². The van der Waals surface area contributed by atoms with Gasteiger partial charge < -0.3 is 35.5 Å². The number of benzene rings is 2. The molecule has 0 saturated heterocycles. The van der Waals surface area contributed by atoms with Crippen molar-refractivity contribution in [3.05, 3.63) is 71.4 Å². The zero-order chi connectivity index (χ0) is 27.2. The first-order valence-electron chi connectivity index (χ1n) is 11.6. The summed E-state index contributed by atoms with van der Waals surface area (Å²) in [4.78, 5) is 29.0. The standard InChI is InChI=1S/C18H23N5O3.C9H12O2/c1-23(2)7-6-21-18(25)14-8-13(9-15(10-14)22-12-24)11-26-16-4-3-5-20-17(16)19;1-7-4-5-8(10-2)6-9(7)11-3/h3-5,8-10,12H,6-7,11H2,1-2H3,(H2,19,20)(H,21,25)(H,22,24);4-6H,1-3H3. The number of nitrogens with two attached hydrogens (primary N) is 1. The molecule has 0 aliphatic rings. The quantitative estimate of drug-likeness (QED) is 0.337. The topological polar surface area (TPSA) is 128 Å². The van der Waals surface area contributed by atoms with Gasteiger partial charge in [-0.15, -0.1) is 0 Å². The molecule has 0 aliphatic heterocycles. The molecule has 0 atom stereocenters. The van der Waals surface area contributed by atoms with Crippen LogP contribution in [0.25, 0.3) is 0 Å². The van der Waals surface area contributed by atoms with Gasteiger partial charge in [0, 0.05) is 36.6 Å². The molecule has 2 amide bonds. The number of hydrogen-bond donors (Lipinski definition) is 3. The SMILES string of the molecule is CN(C)CCNC(=O)c1cc(COc2cccnc2N)cc(NC=O)c1.COc1ccc(C)c(OC)c1. The molecule has 0 unspecified atom stereocenters. The Labute approximate surface area is 217 Å². The van der Waals surface area contributed by atoms with Gasteiger partial charge in [-0.2, -0.15) is 0 Å². The number of likely N-dealkylation sites (N-methyl/N-ethyl adjacent to an activating group) is 1. The van der Waals surface area contributed by atoms with Crippen LogP contribution in [-0.2, 0) is 11.4 Å². The summed E-state index contributed by atoms with van der Waals surface area (Å²) in [7, 11) is 7.16. The first-order valence-corrected chi connectivity index (χ1v) is 11.6. The lowest BCUT2D eigenvalue weighted by atomic mass is 10.1. The maximum Gasteiger partial charge on any atom is 0.251 e. The Balaban J connectivity index is 0.000000364. The smallest absolute Gasteiger partial charge is 0.251 e. The molecule has 1 heterocycles. The number of ether oxygens (including phenoxy) is 3. The number of nitrogens with zero attached hydrogens (tertiary/aromatic N) is 2. The van der Waals surface area contributed by atoms with Crippen molar-refractivity contribution >= 4 is 23.8 Å². The van der Waals surface area contributed by atoms with E-state index in [-0.39, 0.29) is 18.3 Å². The highest BCUT2D eigenvalue weighted by Crippen LogP contribution is 2.23. The summed E-state index contributed by atoms with van der Waals surface area (Å²) < 4.78 is 15.8. The predicted octanol–water partition coefficient (Wildman–Crippen LogP) is 3.11. The predicted molar refractivity (Wildman–Crippen MR) is 144 cm³/mol. The number of amides is 2. The second-order valence-electron chi connectivity index (χ2n) is 8.25. The van der Waals surface area contributed by atoms with Crippen LogP contribution in [0.15, 0.2) is 54.7 Å². The summed E-state index contributed by atoms with van der Waals surface area (Å²) in [6.45, 7) is 3.43. The summed E-state index contributed by atoms with van der Waals surface area (Å²) in [6.07, 6.45) is 2.14. The number of aryl methyl sites for hydroxylation is 1. The molecule has 10 nitrogen and oxygen atoms in total. The minimum absolute atomic E-state index is 0.183. The van der Waals surface area contributed by atoms with E-state index in [4.69, 9.17) is 19.9 Å². The fraction of sp³-hybridized carbons (Fsp3) is 0.296. The van der Waals surface area contributed by atoms with Crippen molar-refractivity contribution in [3.63, 3.8) is 0 Å². The molecule has 1 aromatic heterocycles. The molecular weight excluding hydrogens is 474 g/mol. The highest BCUT2D eigenvalue weighted by atomic mass is 16.5. The van der Waals surface area contributed by atoms with E-state index in [0.29, 0.717) is 30.0 Å². The molecule has 0 fully saturated rings. The molecule has 198 valence electrons. The first-order chi connectivity index (χ1) is 17.8. The van der Waals surface area contributed by atoms with Crippen LogP contribution in [0.2, 0.25) is 0 Å². The second kappa shape index (κ2) is 14.9. The van der Waals surface area contributed by atoms with Crippen molar-refractivity contribution in [2.24, 2.45) is 0 Å². The van der Waals surface area contributed by atoms with Crippen molar-refractivity contribution < 1.29 is 23.8 Å². The van der Waals surface area contributed by atoms with E-state index in [9.17, 15) is 9.59 Å². The number of methoxy groups -OCH3 is 2. The van der Waals surface area contributed by atoms with Crippen molar-refractivity contribution in [2.45, 2.75) is 13.5 Å². The van der Waals surface area contributed by atoms with E-state index >= 15 is 0 Å². The number of carbonyl (C=O) groups excluding carboxylic acids is 2. The minimum atomic E-state index is -0.219. The van der Waals surface area contributed by atoms with Crippen molar-refractivity contribution in [3.8, 4) is 17.2 Å². The Morgan fingerprint density at radius 2 is 1.86 bits per heavy atom. The summed E-state index contributed by atoms with van der Waals surface area (Å²) in [5, 5.41) is 5.41. The highest BCUT2D eigenvalue weighted by molar-refractivity contribution is 5.95. The van der Waals surface area contributed by atoms with Gasteiger partial charge in [-0.1, -0.05) is 6.07 Å². The van der Waals surface area contributed by atoms with Gasteiger partial charge in [0.05, 0.1) is 14.2 Å². The van der Waals surface area contributed by atoms with Crippen LogP contribution in [0.1, 0.15) is 21.5 Å². The Kier molecular flexibility index (Phi) is 11.7. The van der Waals surface area contributed by atoms with Crippen LogP contribution in [0, 0.1) is 6.92 Å². The monoisotopic (exact) mass is 509 g/mol. The number of hydrogen-bond acceptors (Lipinski definition) is 8. The Bertz CT molecular complexity index is 1170. The van der Waals surface area contributed by atoms with E-state index in [1.165, 1.54) is 0 Å². The second-order valence-corrected chi connectivity index (χ2v) is 8.25. The van der Waals surface area contributed by atoms with E-state index in [1.807, 2.05) is 44.1 Å². The molecule has 0 radical (unpaired) electrons. The van der Waals surface area contributed by atoms with Crippen LogP contribution < -0.4 is 30.6 Å². The summed E-state index contributed by atoms with van der Waals surface area (Å²) in [6, 6.07) is 14.3. The van der Waals surface area contributed by atoms with Gasteiger partial charge >= 0.3 is 0 Å². The molecule has 4 N–H and O–H groups in total. The Hall–Kier alpha value is -4.31. The number of anilines is 2. The molecule has 3 aromatic rings. The third-order valence-electron chi connectivity index (χ3n) is 5.13. The van der Waals surface area contributed by atoms with Crippen LogP contribution in [-0.4, -0.2) is 63.6 Å². The third-order valence-corrected chi connectivity index (χ3v) is 5.13. The Morgan fingerprint density at radius 1 is 1.08 bits per heavy atom. The zero-order valence-electron chi connectivity index (χ0n) is 21.9. The number of rotatable bonds is 11. The fourth-order valence-electron chi connectivity index (χ4n) is 3.17. The van der Waals surface area contributed by atoms with Gasteiger partial charge in [-0.25, -0.2) is 4.98 Å². The van der Waals surface area contributed by atoms with E-state index in [1.54, 1.807) is 50.7 Å². The molecule has 0 saturated carbocycles. The molecule has 3 rings (SSSR count). The molecular formula is C27H35N5O5. The normalized spacial score (nSPS) is 10.1. The molecule has 10 heteroatoms. The number of carbonyl (C=O) groups is 2. The zero-order valence-corrected chi connectivity index (χ0v) is 21.9. The van der Waals surface area contributed by atoms with Crippen LogP contribution in [0.4, 0.5) is 11.5 Å². The van der Waals surface area contributed by atoms with E-state index < -0.39 is 0 Å². The van der Waals surface area contributed by atoms with Gasteiger partial charge in [0.25, 0.3) is 5.91 Å². The largest absolute Gasteiger partial charge is 0.497 e. The van der Waals surface area contributed by atoms with Gasteiger partial charge in [-0.05, 0) is 68.5 Å². The van der Waals surface area contributed by atoms with Crippen LogP contribution >= 0.6 is 0 Å². The maximum absolute atomic E-state index is 12.3. The van der Waals surface area contributed by atoms with Gasteiger partial charge in [-0.3, -0.25) is 9.59 Å². The number of nitrogens with one attached hydrogen (secondary N) is 2. The number of pyridine rings is 1. The summed E-state index contributed by atoms with van der Waals surface area (Å²) in [5.74, 6) is 2.22. The van der Waals surface area contributed by atoms with Gasteiger partial charge in [0.1, 0.15) is 18.1 Å². The van der Waals surface area contributed by atoms with Gasteiger partial charge in [0.2, 0.25) is 6.41 Å². The van der Waals surface area contributed by atoms with E-state index in [2.05, 4.69) is 15.6 Å². The van der Waals surface area contributed by atoms with Gasteiger partial charge in [0.15, 0.2) is 11.6 Å². The lowest BCUT2D eigenvalue weighted by Gasteiger charge is -2.13.